The lowest BCUT2D eigenvalue weighted by atomic mass is 9.68. The van der Waals surface area contributed by atoms with Crippen LogP contribution in [0, 0.1) is 0 Å². The van der Waals surface area contributed by atoms with Crippen LogP contribution in [0.3, 0.4) is 0 Å². The summed E-state index contributed by atoms with van der Waals surface area (Å²) in [5.41, 5.74) is 17.9. The lowest BCUT2D eigenvalue weighted by molar-refractivity contribution is 0.809. The van der Waals surface area contributed by atoms with Gasteiger partial charge >= 0.3 is 0 Å². The molecule has 2 aliphatic carbocycles. The van der Waals surface area contributed by atoms with Crippen LogP contribution in [-0.4, -0.2) is 0 Å². The summed E-state index contributed by atoms with van der Waals surface area (Å²) in [5, 5.41) is 15.3. The summed E-state index contributed by atoms with van der Waals surface area (Å²) in [6.45, 7) is 0. The molecule has 0 fully saturated rings. The van der Waals surface area contributed by atoms with Gasteiger partial charge in [-0.1, -0.05) is 237 Å². The number of hydrogen-bond donors (Lipinski definition) is 0. The molecule has 0 atom stereocenters. The zero-order valence-corrected chi connectivity index (χ0v) is 36.6. The fourth-order valence-electron chi connectivity index (χ4n) is 12.9. The Morgan fingerprint density at radius 3 is 1.34 bits per heavy atom. The van der Waals surface area contributed by atoms with E-state index in [2.05, 4.69) is 243 Å². The molecular weight excluding hydrogens is 805 g/mol. The van der Waals surface area contributed by atoms with E-state index in [1.165, 1.54) is 143 Å². The Morgan fingerprint density at radius 2 is 0.687 bits per heavy atom. The molecule has 0 heteroatoms. The largest absolute Gasteiger partial charge is 0.0737 e. The molecule has 0 unspecified atom stereocenters. The van der Waals surface area contributed by atoms with E-state index in [-0.39, 0.29) is 0 Å². The molecular formula is C67H40. The van der Waals surface area contributed by atoms with Crippen molar-refractivity contribution in [3.05, 3.63) is 265 Å². The van der Waals surface area contributed by atoms with Crippen LogP contribution in [0.1, 0.15) is 22.3 Å². The first-order valence-electron chi connectivity index (χ1n) is 23.5. The maximum Gasteiger partial charge on any atom is 0.0737 e. The molecule has 67 heavy (non-hydrogen) atoms. The second-order valence-electron chi connectivity index (χ2n) is 18.5. The highest BCUT2D eigenvalue weighted by Crippen LogP contribution is 2.66. The smallest absolute Gasteiger partial charge is 0.0622 e. The van der Waals surface area contributed by atoms with Gasteiger partial charge in [-0.15, -0.1) is 0 Å². The monoisotopic (exact) mass is 844 g/mol. The summed E-state index contributed by atoms with van der Waals surface area (Å²) in [5.74, 6) is 0. The molecule has 0 bridgehead atoms. The highest BCUT2D eigenvalue weighted by molar-refractivity contribution is 6.26. The van der Waals surface area contributed by atoms with Gasteiger partial charge < -0.3 is 0 Å². The minimum Gasteiger partial charge on any atom is -0.0622 e. The predicted molar refractivity (Wildman–Crippen MR) is 284 cm³/mol. The Labute approximate surface area is 388 Å². The fraction of sp³-hybridized carbons (Fsp3) is 0.0149. The van der Waals surface area contributed by atoms with Crippen molar-refractivity contribution in [3.8, 4) is 55.6 Å². The summed E-state index contributed by atoms with van der Waals surface area (Å²) < 4.78 is 0. The van der Waals surface area contributed by atoms with E-state index in [0.717, 1.165) is 0 Å². The Hall–Kier alpha value is -8.58. The van der Waals surface area contributed by atoms with E-state index in [0.29, 0.717) is 0 Å². The van der Waals surface area contributed by atoms with Gasteiger partial charge in [0.1, 0.15) is 0 Å². The van der Waals surface area contributed by atoms with Crippen molar-refractivity contribution in [3.63, 3.8) is 0 Å². The Balaban J connectivity index is 1.05. The normalized spacial score (nSPS) is 13.2. The first kappa shape index (κ1) is 36.7. The number of hydrogen-bond acceptors (Lipinski definition) is 0. The van der Waals surface area contributed by atoms with Gasteiger partial charge in [-0.3, -0.25) is 0 Å². The van der Waals surface area contributed by atoms with E-state index in [1.54, 1.807) is 0 Å². The van der Waals surface area contributed by atoms with Crippen LogP contribution < -0.4 is 0 Å². The second kappa shape index (κ2) is 13.7. The molecule has 0 heterocycles. The number of benzene rings is 13. The van der Waals surface area contributed by atoms with Crippen LogP contribution in [0.25, 0.3) is 120 Å². The van der Waals surface area contributed by atoms with Crippen LogP contribution in [0.2, 0.25) is 0 Å². The molecule has 0 aliphatic heterocycles. The third-order valence-electron chi connectivity index (χ3n) is 15.4. The molecule has 0 aromatic heterocycles. The summed E-state index contributed by atoms with van der Waals surface area (Å²) in [6, 6.07) is 91.4. The minimum atomic E-state index is -0.512. The van der Waals surface area contributed by atoms with E-state index in [1.807, 2.05) is 0 Å². The highest BCUT2D eigenvalue weighted by atomic mass is 14.5. The van der Waals surface area contributed by atoms with Gasteiger partial charge in [0, 0.05) is 0 Å². The van der Waals surface area contributed by atoms with E-state index < -0.39 is 5.41 Å². The van der Waals surface area contributed by atoms with Crippen molar-refractivity contribution in [2.75, 3.05) is 0 Å². The molecule has 0 N–H and O–H groups in total. The summed E-state index contributed by atoms with van der Waals surface area (Å²) in [7, 11) is 0. The average Bonchev–Trinajstić information content (AvgIpc) is 3.88. The van der Waals surface area contributed by atoms with Crippen LogP contribution in [-0.2, 0) is 5.41 Å². The first-order chi connectivity index (χ1) is 33.3. The Kier molecular flexibility index (Phi) is 7.52. The topological polar surface area (TPSA) is 0 Å². The van der Waals surface area contributed by atoms with Gasteiger partial charge in [0.05, 0.1) is 5.41 Å². The van der Waals surface area contributed by atoms with Crippen molar-refractivity contribution in [2.45, 2.75) is 5.41 Å². The third kappa shape index (κ3) is 4.81. The maximum atomic E-state index is 2.53. The Morgan fingerprint density at radius 1 is 0.209 bits per heavy atom. The fourth-order valence-corrected chi connectivity index (χ4v) is 12.9. The lowest BCUT2D eigenvalue weighted by Gasteiger charge is -2.32. The molecule has 0 nitrogen and oxygen atoms in total. The van der Waals surface area contributed by atoms with Crippen LogP contribution in [0.4, 0.5) is 0 Å². The third-order valence-corrected chi connectivity index (χ3v) is 15.4. The Bertz CT molecular complexity index is 4160. The molecule has 2 aliphatic rings. The van der Waals surface area contributed by atoms with Crippen LogP contribution in [0.15, 0.2) is 243 Å². The molecule has 0 radical (unpaired) electrons. The van der Waals surface area contributed by atoms with E-state index in [9.17, 15) is 0 Å². The number of rotatable bonds is 3. The molecule has 1 spiro atoms. The molecule has 15 rings (SSSR count). The van der Waals surface area contributed by atoms with Gasteiger partial charge in [-0.2, -0.15) is 0 Å². The highest BCUT2D eigenvalue weighted by Gasteiger charge is 2.53. The average molecular weight is 845 g/mol. The van der Waals surface area contributed by atoms with Crippen molar-refractivity contribution in [2.24, 2.45) is 0 Å². The molecule has 0 amide bonds. The molecule has 13 aromatic carbocycles. The standard InChI is InChI=1S/C67H40/c1-2-18-41(19-3-1)44-38-39-56(47-23-7-6-22-46(44)47)63-54-30-12-10-28-52(54)62(53-29-11-13-31-55(53)63)43-35-36-57-59(40-43)48-24-8-9-27-51(48)64-58-37-34-42-20-4-5-21-45(42)65(58)67(66(57)64)60-32-16-14-25-49(60)50-26-15-17-33-61(50)67/h1-40H. The van der Waals surface area contributed by atoms with Crippen molar-refractivity contribution >= 4 is 64.6 Å². The van der Waals surface area contributed by atoms with Gasteiger partial charge in [-0.05, 0) is 149 Å². The van der Waals surface area contributed by atoms with Gasteiger partial charge in [0.15, 0.2) is 0 Å². The van der Waals surface area contributed by atoms with E-state index >= 15 is 0 Å². The molecule has 0 saturated carbocycles. The predicted octanol–water partition coefficient (Wildman–Crippen LogP) is 18.0. The minimum absolute atomic E-state index is 0.512. The van der Waals surface area contributed by atoms with Crippen LogP contribution >= 0.6 is 0 Å². The second-order valence-corrected chi connectivity index (χ2v) is 18.5. The van der Waals surface area contributed by atoms with Gasteiger partial charge in [-0.25, -0.2) is 0 Å². The van der Waals surface area contributed by atoms with Crippen molar-refractivity contribution in [1.82, 2.24) is 0 Å². The molecule has 13 aromatic rings. The van der Waals surface area contributed by atoms with Gasteiger partial charge in [0.25, 0.3) is 0 Å². The van der Waals surface area contributed by atoms with E-state index in [4.69, 9.17) is 0 Å². The van der Waals surface area contributed by atoms with Gasteiger partial charge in [0.2, 0.25) is 0 Å². The first-order valence-corrected chi connectivity index (χ1v) is 23.5. The number of fused-ring (bicyclic) bond motifs is 20. The van der Waals surface area contributed by atoms with Crippen LogP contribution in [0.5, 0.6) is 0 Å². The van der Waals surface area contributed by atoms with Crippen molar-refractivity contribution in [1.29, 1.82) is 0 Å². The summed E-state index contributed by atoms with van der Waals surface area (Å²) in [4.78, 5) is 0. The zero-order chi connectivity index (χ0) is 43.8. The zero-order valence-electron chi connectivity index (χ0n) is 36.6. The van der Waals surface area contributed by atoms with Crippen molar-refractivity contribution < 1.29 is 0 Å². The SMILES string of the molecule is c1ccc(-c2ccc(-c3c4ccccc4c(-c4ccc5c6c(c7ccccc7c5c4)-c4ccc5ccccc5c4C64c5ccccc5-c5ccccc54)c4ccccc34)c3ccccc23)cc1. The molecule has 0 saturated heterocycles. The maximum absolute atomic E-state index is 2.53. The molecule has 308 valence electrons. The quantitative estimate of drug-likeness (QED) is 0.123. The lowest BCUT2D eigenvalue weighted by Crippen LogP contribution is -2.26. The summed E-state index contributed by atoms with van der Waals surface area (Å²) >= 11 is 0. The summed E-state index contributed by atoms with van der Waals surface area (Å²) in [6.07, 6.45) is 0.